The first-order chi connectivity index (χ1) is 7.79. The van der Waals surface area contributed by atoms with E-state index in [1.165, 1.54) is 25.7 Å². The Morgan fingerprint density at radius 2 is 2.12 bits per heavy atom. The molecule has 2 rings (SSSR count). The van der Waals surface area contributed by atoms with Crippen LogP contribution in [0.25, 0.3) is 0 Å². The second kappa shape index (κ2) is 5.55. The van der Waals surface area contributed by atoms with Crippen molar-refractivity contribution in [2.24, 2.45) is 0 Å². The lowest BCUT2D eigenvalue weighted by Gasteiger charge is -2.16. The Labute approximate surface area is 102 Å². The Morgan fingerprint density at radius 3 is 2.81 bits per heavy atom. The normalized spacial score (nSPS) is 16.6. The summed E-state index contributed by atoms with van der Waals surface area (Å²) in [5.74, 6) is 0.977. The summed E-state index contributed by atoms with van der Waals surface area (Å²) in [7, 11) is 1.93. The second-order valence-corrected chi connectivity index (χ2v) is 4.74. The van der Waals surface area contributed by atoms with Gasteiger partial charge in [-0.2, -0.15) is 0 Å². The van der Waals surface area contributed by atoms with Gasteiger partial charge in [0, 0.05) is 17.1 Å². The highest BCUT2D eigenvalue weighted by molar-refractivity contribution is 6.30. The van der Waals surface area contributed by atoms with Gasteiger partial charge in [-0.15, -0.1) is 0 Å². The van der Waals surface area contributed by atoms with Crippen LogP contribution in [-0.4, -0.2) is 13.2 Å². The summed E-state index contributed by atoms with van der Waals surface area (Å²) in [4.78, 5) is 0. The maximum atomic E-state index is 6.02. The lowest BCUT2D eigenvalue weighted by atomic mass is 10.2. The third-order valence-electron chi connectivity index (χ3n) is 2.99. The van der Waals surface area contributed by atoms with E-state index in [-0.39, 0.29) is 0 Å². The van der Waals surface area contributed by atoms with Gasteiger partial charge in [-0.25, -0.2) is 0 Å². The first-order valence-electron chi connectivity index (χ1n) is 5.89. The predicted octanol–water partition coefficient (Wildman–Crippen LogP) is 3.38. The molecule has 0 radical (unpaired) electrons. The molecule has 1 saturated carbocycles. The van der Waals surface area contributed by atoms with Gasteiger partial charge in [0.15, 0.2) is 0 Å². The first kappa shape index (κ1) is 11.7. The summed E-state index contributed by atoms with van der Waals surface area (Å²) in [5.41, 5.74) is 1.14. The van der Waals surface area contributed by atoms with Gasteiger partial charge >= 0.3 is 0 Å². The molecule has 1 aromatic carbocycles. The van der Waals surface area contributed by atoms with Crippen molar-refractivity contribution in [2.75, 3.05) is 7.05 Å². The zero-order valence-corrected chi connectivity index (χ0v) is 10.4. The van der Waals surface area contributed by atoms with Crippen molar-refractivity contribution in [2.45, 2.75) is 38.3 Å². The fourth-order valence-corrected chi connectivity index (χ4v) is 2.37. The van der Waals surface area contributed by atoms with Gasteiger partial charge in [0.1, 0.15) is 5.75 Å². The van der Waals surface area contributed by atoms with E-state index < -0.39 is 0 Å². The van der Waals surface area contributed by atoms with Crippen LogP contribution < -0.4 is 10.1 Å². The lowest BCUT2D eigenvalue weighted by molar-refractivity contribution is 0.207. The van der Waals surface area contributed by atoms with Crippen LogP contribution in [0.5, 0.6) is 5.75 Å². The molecule has 3 heteroatoms. The van der Waals surface area contributed by atoms with Crippen LogP contribution >= 0.6 is 11.6 Å². The Balaban J connectivity index is 2.11. The van der Waals surface area contributed by atoms with E-state index in [0.717, 1.165) is 22.9 Å². The molecule has 1 aliphatic rings. The van der Waals surface area contributed by atoms with E-state index in [9.17, 15) is 0 Å². The Bertz CT molecular complexity index is 348. The van der Waals surface area contributed by atoms with Crippen LogP contribution in [0.1, 0.15) is 31.2 Å². The highest BCUT2D eigenvalue weighted by atomic mass is 35.5. The average molecular weight is 240 g/mol. The SMILES string of the molecule is CNCc1cc(Cl)ccc1OC1CCCC1. The van der Waals surface area contributed by atoms with E-state index in [4.69, 9.17) is 16.3 Å². The molecule has 16 heavy (non-hydrogen) atoms. The molecule has 88 valence electrons. The largest absolute Gasteiger partial charge is 0.490 e. The molecule has 0 aliphatic heterocycles. The van der Waals surface area contributed by atoms with E-state index >= 15 is 0 Å². The molecule has 1 fully saturated rings. The topological polar surface area (TPSA) is 21.3 Å². The number of nitrogens with one attached hydrogen (secondary N) is 1. The molecule has 1 aromatic rings. The number of benzene rings is 1. The number of hydrogen-bond acceptors (Lipinski definition) is 2. The van der Waals surface area contributed by atoms with Gasteiger partial charge in [0.25, 0.3) is 0 Å². The summed E-state index contributed by atoms with van der Waals surface area (Å²) in [6.45, 7) is 0.794. The first-order valence-corrected chi connectivity index (χ1v) is 6.27. The maximum absolute atomic E-state index is 6.02. The van der Waals surface area contributed by atoms with Gasteiger partial charge in [-0.1, -0.05) is 11.6 Å². The molecular formula is C13H18ClNO. The highest BCUT2D eigenvalue weighted by Crippen LogP contribution is 2.28. The van der Waals surface area contributed by atoms with Gasteiger partial charge in [-0.3, -0.25) is 0 Å². The van der Waals surface area contributed by atoms with Crippen molar-refractivity contribution >= 4 is 11.6 Å². The molecule has 0 spiro atoms. The zero-order valence-electron chi connectivity index (χ0n) is 9.63. The van der Waals surface area contributed by atoms with Gasteiger partial charge < -0.3 is 10.1 Å². The minimum atomic E-state index is 0.400. The molecule has 2 nitrogen and oxygen atoms in total. The summed E-state index contributed by atoms with van der Waals surface area (Å²) < 4.78 is 6.02. The fraction of sp³-hybridized carbons (Fsp3) is 0.538. The van der Waals surface area contributed by atoms with Crippen molar-refractivity contribution in [1.82, 2.24) is 5.32 Å². The fourth-order valence-electron chi connectivity index (χ4n) is 2.18. The third kappa shape index (κ3) is 2.89. The minimum Gasteiger partial charge on any atom is -0.490 e. The Morgan fingerprint density at radius 1 is 1.38 bits per heavy atom. The lowest BCUT2D eigenvalue weighted by Crippen LogP contribution is -2.14. The van der Waals surface area contributed by atoms with Crippen LogP contribution in [-0.2, 0) is 6.54 Å². The van der Waals surface area contributed by atoms with Crippen LogP contribution in [0.3, 0.4) is 0 Å². The monoisotopic (exact) mass is 239 g/mol. The summed E-state index contributed by atoms with van der Waals surface area (Å²) >= 11 is 5.99. The van der Waals surface area contributed by atoms with Crippen LogP contribution in [0.15, 0.2) is 18.2 Å². The highest BCUT2D eigenvalue weighted by Gasteiger charge is 2.17. The molecule has 0 amide bonds. The zero-order chi connectivity index (χ0) is 11.4. The van der Waals surface area contributed by atoms with E-state index in [1.807, 2.05) is 25.2 Å². The molecule has 1 N–H and O–H groups in total. The number of hydrogen-bond donors (Lipinski definition) is 1. The predicted molar refractivity (Wildman–Crippen MR) is 67.1 cm³/mol. The molecule has 0 bridgehead atoms. The second-order valence-electron chi connectivity index (χ2n) is 4.31. The minimum absolute atomic E-state index is 0.400. The third-order valence-corrected chi connectivity index (χ3v) is 3.22. The quantitative estimate of drug-likeness (QED) is 0.870. The van der Waals surface area contributed by atoms with Gasteiger partial charge in [-0.05, 0) is 50.9 Å². The Kier molecular flexibility index (Phi) is 4.08. The van der Waals surface area contributed by atoms with E-state index in [1.54, 1.807) is 0 Å². The van der Waals surface area contributed by atoms with E-state index in [0.29, 0.717) is 6.10 Å². The molecule has 0 aromatic heterocycles. The standard InChI is InChI=1S/C13H18ClNO/c1-15-9-10-8-11(14)6-7-13(10)16-12-4-2-3-5-12/h6-8,12,15H,2-5,9H2,1H3. The number of ether oxygens (including phenoxy) is 1. The number of rotatable bonds is 4. The van der Waals surface area contributed by atoms with Crippen molar-refractivity contribution < 1.29 is 4.74 Å². The molecule has 0 saturated heterocycles. The van der Waals surface area contributed by atoms with Crippen molar-refractivity contribution in [3.05, 3.63) is 28.8 Å². The number of halogens is 1. The van der Waals surface area contributed by atoms with E-state index in [2.05, 4.69) is 5.32 Å². The molecule has 0 heterocycles. The van der Waals surface area contributed by atoms with Crippen LogP contribution in [0.4, 0.5) is 0 Å². The smallest absolute Gasteiger partial charge is 0.124 e. The van der Waals surface area contributed by atoms with Crippen LogP contribution in [0.2, 0.25) is 5.02 Å². The molecule has 0 atom stereocenters. The summed E-state index contributed by atoms with van der Waals surface area (Å²) in [6, 6.07) is 5.85. The van der Waals surface area contributed by atoms with Crippen molar-refractivity contribution in [3.8, 4) is 5.75 Å². The van der Waals surface area contributed by atoms with Gasteiger partial charge in [0.05, 0.1) is 6.10 Å². The molecule has 0 unspecified atom stereocenters. The molecular weight excluding hydrogens is 222 g/mol. The molecule has 1 aliphatic carbocycles. The van der Waals surface area contributed by atoms with Crippen molar-refractivity contribution in [1.29, 1.82) is 0 Å². The average Bonchev–Trinajstić information content (AvgIpc) is 2.75. The van der Waals surface area contributed by atoms with Crippen molar-refractivity contribution in [3.63, 3.8) is 0 Å². The van der Waals surface area contributed by atoms with Crippen LogP contribution in [0, 0.1) is 0 Å². The summed E-state index contributed by atoms with van der Waals surface area (Å²) in [5, 5.41) is 3.91. The Hall–Kier alpha value is -0.730. The maximum Gasteiger partial charge on any atom is 0.124 e. The van der Waals surface area contributed by atoms with Gasteiger partial charge in [0.2, 0.25) is 0 Å². The summed E-state index contributed by atoms with van der Waals surface area (Å²) in [6.07, 6.45) is 5.35.